The summed E-state index contributed by atoms with van der Waals surface area (Å²) in [6, 6.07) is 12.0. The second kappa shape index (κ2) is 9.94. The Balaban J connectivity index is 1.37. The van der Waals surface area contributed by atoms with Gasteiger partial charge in [-0.05, 0) is 36.8 Å². The number of anilines is 2. The Hall–Kier alpha value is -4.24. The van der Waals surface area contributed by atoms with E-state index in [4.69, 9.17) is 20.2 Å². The van der Waals surface area contributed by atoms with E-state index in [0.717, 1.165) is 63.3 Å². The molecule has 0 aliphatic heterocycles. The molecule has 9 nitrogen and oxygen atoms in total. The number of aromatic nitrogens is 5. The first-order valence-electron chi connectivity index (χ1n) is 11.5. The molecule has 0 amide bonds. The van der Waals surface area contributed by atoms with Crippen LogP contribution in [0.5, 0.6) is 5.75 Å². The summed E-state index contributed by atoms with van der Waals surface area (Å²) >= 11 is 0. The Bertz CT molecular complexity index is 1480. The number of pyridine rings is 2. The fourth-order valence-electron chi connectivity index (χ4n) is 4.00. The smallest absolute Gasteiger partial charge is 0.150 e. The zero-order chi connectivity index (χ0) is 24.2. The van der Waals surface area contributed by atoms with Gasteiger partial charge in [-0.15, -0.1) is 0 Å². The van der Waals surface area contributed by atoms with Crippen molar-refractivity contribution in [3.63, 3.8) is 0 Å². The molecule has 1 aromatic carbocycles. The van der Waals surface area contributed by atoms with E-state index in [1.165, 1.54) is 6.33 Å². The maximum Gasteiger partial charge on any atom is 0.150 e. The highest BCUT2D eigenvalue weighted by Gasteiger charge is 2.10. The Kier molecular flexibility index (Phi) is 6.40. The van der Waals surface area contributed by atoms with Crippen LogP contribution >= 0.6 is 0 Å². The van der Waals surface area contributed by atoms with Gasteiger partial charge in [0, 0.05) is 54.4 Å². The highest BCUT2D eigenvalue weighted by Crippen LogP contribution is 2.28. The first kappa shape index (κ1) is 22.5. The molecule has 0 radical (unpaired) electrons. The van der Waals surface area contributed by atoms with Crippen LogP contribution in [0, 0.1) is 0 Å². The predicted octanol–water partition coefficient (Wildman–Crippen LogP) is 4.15. The van der Waals surface area contributed by atoms with Crippen LogP contribution in [0.4, 0.5) is 11.5 Å². The Labute approximate surface area is 203 Å². The van der Waals surface area contributed by atoms with Gasteiger partial charge in [-0.1, -0.05) is 6.92 Å². The molecule has 0 atom stereocenters. The van der Waals surface area contributed by atoms with Gasteiger partial charge in [0.15, 0.2) is 0 Å². The fraction of sp³-hybridized carbons (Fsp3) is 0.231. The number of nitrogens with one attached hydrogen (secondary N) is 1. The van der Waals surface area contributed by atoms with E-state index in [-0.39, 0.29) is 0 Å². The van der Waals surface area contributed by atoms with E-state index in [0.29, 0.717) is 19.0 Å². The molecule has 0 bridgehead atoms. The first-order chi connectivity index (χ1) is 17.2. The third kappa shape index (κ3) is 4.71. The Morgan fingerprint density at radius 1 is 1.06 bits per heavy atom. The van der Waals surface area contributed by atoms with Crippen LogP contribution in [0.2, 0.25) is 0 Å². The monoisotopic (exact) mass is 469 g/mol. The zero-order valence-electron chi connectivity index (χ0n) is 19.7. The van der Waals surface area contributed by atoms with Crippen LogP contribution in [0.3, 0.4) is 0 Å². The average Bonchev–Trinajstić information content (AvgIpc) is 3.33. The standard InChI is InChI=1S/C26H27N7O2/c1-3-18-11-23(29-7-9-34-2)21-5-4-20(12-24(21)32-18)35-15-17-10-19(14-28-13-17)33-8-6-22-25(27)30-16-31-26(22)33/h4-6,8,10-14,16H,3,7,9,15H2,1-2H3,(H,29,32)(H2,27,30,31). The summed E-state index contributed by atoms with van der Waals surface area (Å²) in [5.41, 5.74) is 11.5. The van der Waals surface area contributed by atoms with Crippen molar-refractivity contribution < 1.29 is 9.47 Å². The number of hydrogen-bond donors (Lipinski definition) is 2. The van der Waals surface area contributed by atoms with Crippen molar-refractivity contribution in [1.82, 2.24) is 24.5 Å². The van der Waals surface area contributed by atoms with Crippen molar-refractivity contribution >= 4 is 33.4 Å². The van der Waals surface area contributed by atoms with Gasteiger partial charge in [0.1, 0.15) is 30.1 Å². The van der Waals surface area contributed by atoms with Gasteiger partial charge in [0.05, 0.1) is 29.4 Å². The molecule has 0 saturated carbocycles. The Morgan fingerprint density at radius 2 is 1.97 bits per heavy atom. The molecule has 0 unspecified atom stereocenters. The molecule has 5 aromatic rings. The summed E-state index contributed by atoms with van der Waals surface area (Å²) < 4.78 is 13.2. The van der Waals surface area contributed by atoms with Crippen molar-refractivity contribution in [1.29, 1.82) is 0 Å². The topological polar surface area (TPSA) is 113 Å². The molecule has 0 fully saturated rings. The van der Waals surface area contributed by atoms with Gasteiger partial charge < -0.3 is 20.5 Å². The number of methoxy groups -OCH3 is 1. The molecule has 9 heteroatoms. The van der Waals surface area contributed by atoms with Crippen LogP contribution in [0.25, 0.3) is 27.6 Å². The van der Waals surface area contributed by atoms with Gasteiger partial charge in [0.25, 0.3) is 0 Å². The van der Waals surface area contributed by atoms with Crippen LogP contribution in [0.1, 0.15) is 18.2 Å². The number of fused-ring (bicyclic) bond motifs is 2. The summed E-state index contributed by atoms with van der Waals surface area (Å²) in [7, 11) is 1.70. The molecular weight excluding hydrogens is 442 g/mol. The largest absolute Gasteiger partial charge is 0.489 e. The van der Waals surface area contributed by atoms with E-state index in [1.54, 1.807) is 19.5 Å². The van der Waals surface area contributed by atoms with E-state index in [1.807, 2.05) is 41.1 Å². The van der Waals surface area contributed by atoms with Gasteiger partial charge in [0.2, 0.25) is 0 Å². The Morgan fingerprint density at radius 3 is 2.83 bits per heavy atom. The molecule has 0 aliphatic rings. The van der Waals surface area contributed by atoms with E-state index in [9.17, 15) is 0 Å². The number of nitrogen functional groups attached to an aromatic ring is 1. The molecule has 35 heavy (non-hydrogen) atoms. The maximum absolute atomic E-state index is 6.12. The number of ether oxygens (including phenoxy) is 2. The van der Waals surface area contributed by atoms with Crippen molar-refractivity contribution in [2.75, 3.05) is 31.3 Å². The second-order valence-electron chi connectivity index (χ2n) is 8.14. The molecule has 0 aliphatic carbocycles. The number of nitrogens with two attached hydrogens (primary N) is 1. The van der Waals surface area contributed by atoms with Gasteiger partial charge in [-0.2, -0.15) is 0 Å². The molecule has 4 heterocycles. The molecule has 0 saturated heterocycles. The first-order valence-corrected chi connectivity index (χ1v) is 11.5. The lowest BCUT2D eigenvalue weighted by molar-refractivity contribution is 0.211. The lowest BCUT2D eigenvalue weighted by Crippen LogP contribution is -2.08. The van der Waals surface area contributed by atoms with Gasteiger partial charge in [-0.3, -0.25) is 14.5 Å². The lowest BCUT2D eigenvalue weighted by Gasteiger charge is -2.13. The van der Waals surface area contributed by atoms with E-state index in [2.05, 4.69) is 33.3 Å². The summed E-state index contributed by atoms with van der Waals surface area (Å²) in [6.07, 6.45) is 7.81. The third-order valence-electron chi connectivity index (χ3n) is 5.79. The van der Waals surface area contributed by atoms with Crippen LogP contribution in [-0.4, -0.2) is 44.8 Å². The number of hydrogen-bond acceptors (Lipinski definition) is 8. The predicted molar refractivity (Wildman–Crippen MR) is 137 cm³/mol. The average molecular weight is 470 g/mol. The normalized spacial score (nSPS) is 11.3. The van der Waals surface area contributed by atoms with Crippen LogP contribution < -0.4 is 15.8 Å². The van der Waals surface area contributed by atoms with Crippen LogP contribution in [-0.2, 0) is 17.8 Å². The highest BCUT2D eigenvalue weighted by molar-refractivity contribution is 5.92. The van der Waals surface area contributed by atoms with Gasteiger partial charge in [-0.25, -0.2) is 9.97 Å². The van der Waals surface area contributed by atoms with Crippen molar-refractivity contribution in [3.05, 3.63) is 72.6 Å². The van der Waals surface area contributed by atoms with Crippen molar-refractivity contribution in [2.24, 2.45) is 0 Å². The SMILES string of the molecule is CCc1cc(NCCOC)c2ccc(OCc3cncc(-n4ccc5c(N)ncnc54)c3)cc2n1. The molecule has 3 N–H and O–H groups in total. The number of rotatable bonds is 9. The highest BCUT2D eigenvalue weighted by atomic mass is 16.5. The zero-order valence-corrected chi connectivity index (χ0v) is 19.7. The minimum Gasteiger partial charge on any atom is -0.489 e. The van der Waals surface area contributed by atoms with Crippen molar-refractivity contribution in [2.45, 2.75) is 20.0 Å². The van der Waals surface area contributed by atoms with E-state index >= 15 is 0 Å². The lowest BCUT2D eigenvalue weighted by atomic mass is 10.1. The summed E-state index contributed by atoms with van der Waals surface area (Å²) in [4.78, 5) is 17.6. The summed E-state index contributed by atoms with van der Waals surface area (Å²) in [6.45, 7) is 3.84. The quantitative estimate of drug-likeness (QED) is 0.310. The summed E-state index contributed by atoms with van der Waals surface area (Å²) in [5, 5.41) is 5.30. The minimum absolute atomic E-state index is 0.370. The fourth-order valence-corrected chi connectivity index (χ4v) is 4.00. The van der Waals surface area contributed by atoms with Crippen LogP contribution in [0.15, 0.2) is 61.3 Å². The number of nitrogens with zero attached hydrogens (tertiary/aromatic N) is 5. The molecule has 4 aromatic heterocycles. The second-order valence-corrected chi connectivity index (χ2v) is 8.14. The van der Waals surface area contributed by atoms with Crippen molar-refractivity contribution in [3.8, 4) is 11.4 Å². The minimum atomic E-state index is 0.370. The third-order valence-corrected chi connectivity index (χ3v) is 5.79. The molecule has 178 valence electrons. The maximum atomic E-state index is 6.12. The number of benzene rings is 1. The molecular formula is C26H27N7O2. The van der Waals surface area contributed by atoms with E-state index < -0.39 is 0 Å². The molecule has 0 spiro atoms. The molecule has 5 rings (SSSR count). The summed E-state index contributed by atoms with van der Waals surface area (Å²) in [5.74, 6) is 1.20. The van der Waals surface area contributed by atoms with Gasteiger partial charge >= 0.3 is 0 Å². The number of aryl methyl sites for hydroxylation is 1.